The van der Waals surface area contributed by atoms with Gasteiger partial charge in [0.25, 0.3) is 5.91 Å². The Bertz CT molecular complexity index is 729. The molecule has 2 heterocycles. The first-order valence-corrected chi connectivity index (χ1v) is 7.53. The fourth-order valence-corrected chi connectivity index (χ4v) is 3.05. The third-order valence-corrected chi connectivity index (χ3v) is 4.28. The number of nitrogens with zero attached hydrogens (tertiary/aromatic N) is 3. The van der Waals surface area contributed by atoms with E-state index in [1.807, 2.05) is 24.3 Å². The number of halogens is 1. The molecule has 0 radical (unpaired) electrons. The summed E-state index contributed by atoms with van der Waals surface area (Å²) in [6.45, 7) is 1.37. The van der Waals surface area contributed by atoms with Gasteiger partial charge in [0, 0.05) is 25.3 Å². The molecule has 0 spiro atoms. The van der Waals surface area contributed by atoms with Crippen LogP contribution in [0.15, 0.2) is 42.7 Å². The van der Waals surface area contributed by atoms with Crippen LogP contribution in [0.1, 0.15) is 23.2 Å². The predicted octanol–water partition coefficient (Wildman–Crippen LogP) is 2.85. The Labute approximate surface area is 128 Å². The van der Waals surface area contributed by atoms with Gasteiger partial charge in [-0.1, -0.05) is 12.1 Å². The Morgan fingerprint density at radius 3 is 2.64 bits per heavy atom. The van der Waals surface area contributed by atoms with Crippen LogP contribution >= 0.6 is 0 Å². The molecule has 0 unspecified atom stereocenters. The van der Waals surface area contributed by atoms with E-state index >= 15 is 0 Å². The number of anilines is 2. The normalized spacial score (nSPS) is 17.3. The van der Waals surface area contributed by atoms with E-state index in [9.17, 15) is 9.18 Å². The van der Waals surface area contributed by atoms with Gasteiger partial charge >= 0.3 is 0 Å². The van der Waals surface area contributed by atoms with Crippen LogP contribution < -0.4 is 9.80 Å². The van der Waals surface area contributed by atoms with E-state index in [0.29, 0.717) is 12.6 Å². The van der Waals surface area contributed by atoms with Crippen LogP contribution in [0.5, 0.6) is 0 Å². The lowest BCUT2D eigenvalue weighted by Gasteiger charge is -2.38. The monoisotopic (exact) mass is 297 g/mol. The van der Waals surface area contributed by atoms with Gasteiger partial charge in [-0.15, -0.1) is 0 Å². The number of amides is 1. The summed E-state index contributed by atoms with van der Waals surface area (Å²) in [5.74, 6) is -0.877. The van der Waals surface area contributed by atoms with Crippen molar-refractivity contribution in [1.82, 2.24) is 4.98 Å². The van der Waals surface area contributed by atoms with E-state index < -0.39 is 5.82 Å². The Hall–Kier alpha value is -2.43. The molecule has 0 saturated heterocycles. The molecule has 112 valence electrons. The maximum absolute atomic E-state index is 13.9. The molecule has 1 aromatic heterocycles. The lowest BCUT2D eigenvalue weighted by atomic mass is 10.1. The molecular formula is C17H16FN3O. The average molecular weight is 297 g/mol. The Morgan fingerprint density at radius 1 is 1.14 bits per heavy atom. The van der Waals surface area contributed by atoms with Crippen molar-refractivity contribution in [2.24, 2.45) is 0 Å². The molecule has 2 aliphatic rings. The molecule has 0 bridgehead atoms. The minimum atomic E-state index is -0.574. The smallest absolute Gasteiger partial charge is 0.261 e. The zero-order chi connectivity index (χ0) is 15.1. The molecule has 1 amide bonds. The van der Waals surface area contributed by atoms with Gasteiger partial charge in [0.05, 0.1) is 23.1 Å². The van der Waals surface area contributed by atoms with Crippen LogP contribution in [0, 0.1) is 5.82 Å². The maximum Gasteiger partial charge on any atom is 0.261 e. The third-order valence-electron chi connectivity index (χ3n) is 4.28. The summed E-state index contributed by atoms with van der Waals surface area (Å²) in [4.78, 5) is 20.5. The van der Waals surface area contributed by atoms with Crippen molar-refractivity contribution in [3.05, 3.63) is 54.1 Å². The van der Waals surface area contributed by atoms with Crippen molar-refractivity contribution < 1.29 is 9.18 Å². The van der Waals surface area contributed by atoms with E-state index in [1.54, 1.807) is 4.90 Å². The van der Waals surface area contributed by atoms with E-state index in [0.717, 1.165) is 24.1 Å². The second-order valence-corrected chi connectivity index (χ2v) is 5.73. The predicted molar refractivity (Wildman–Crippen MR) is 82.7 cm³/mol. The number of hydrogen-bond donors (Lipinski definition) is 0. The van der Waals surface area contributed by atoms with Crippen molar-refractivity contribution in [3.63, 3.8) is 0 Å². The summed E-state index contributed by atoms with van der Waals surface area (Å²) in [5, 5.41) is 0. The van der Waals surface area contributed by atoms with Crippen LogP contribution in [0.3, 0.4) is 0 Å². The largest absolute Gasteiger partial charge is 0.365 e. The molecule has 1 aromatic carbocycles. The molecule has 0 N–H and O–H groups in total. The lowest BCUT2D eigenvalue weighted by molar-refractivity contribution is 0.0982. The van der Waals surface area contributed by atoms with Gasteiger partial charge in [-0.25, -0.2) is 4.39 Å². The molecule has 1 saturated carbocycles. The van der Waals surface area contributed by atoms with Gasteiger partial charge in [0.15, 0.2) is 5.82 Å². The number of carbonyl (C=O) groups excluding carboxylic acids is 1. The molecule has 1 aliphatic heterocycles. The summed E-state index contributed by atoms with van der Waals surface area (Å²) in [5.41, 5.74) is 2.01. The minimum Gasteiger partial charge on any atom is -0.365 e. The van der Waals surface area contributed by atoms with Gasteiger partial charge < -0.3 is 9.80 Å². The fraction of sp³-hybridized carbons (Fsp3) is 0.294. The molecule has 1 aliphatic carbocycles. The number of carbonyl (C=O) groups is 1. The Morgan fingerprint density at radius 2 is 1.91 bits per heavy atom. The number of pyridine rings is 1. The van der Waals surface area contributed by atoms with Gasteiger partial charge in [-0.2, -0.15) is 0 Å². The summed E-state index contributed by atoms with van der Waals surface area (Å²) in [6.07, 6.45) is 4.95. The summed E-state index contributed by atoms with van der Waals surface area (Å²) in [6, 6.07) is 9.90. The van der Waals surface area contributed by atoms with Crippen molar-refractivity contribution in [3.8, 4) is 0 Å². The molecule has 2 aromatic rings. The molecule has 5 heteroatoms. The van der Waals surface area contributed by atoms with Gasteiger partial charge in [-0.3, -0.25) is 9.78 Å². The highest BCUT2D eigenvalue weighted by molar-refractivity contribution is 6.08. The SMILES string of the molecule is O=C(c1ccncc1F)N1CCN(C2CC2)c2ccccc21. The van der Waals surface area contributed by atoms with Crippen molar-refractivity contribution in [1.29, 1.82) is 0 Å². The number of aromatic nitrogens is 1. The van der Waals surface area contributed by atoms with Crippen LogP contribution in [0.25, 0.3) is 0 Å². The van der Waals surface area contributed by atoms with Gasteiger partial charge in [0.1, 0.15) is 0 Å². The van der Waals surface area contributed by atoms with E-state index in [-0.39, 0.29) is 11.5 Å². The number of hydrogen-bond acceptors (Lipinski definition) is 3. The van der Waals surface area contributed by atoms with E-state index in [4.69, 9.17) is 0 Å². The number of para-hydroxylation sites is 2. The average Bonchev–Trinajstić information content (AvgIpc) is 3.38. The number of fused-ring (bicyclic) bond motifs is 1. The van der Waals surface area contributed by atoms with Crippen LogP contribution in [-0.4, -0.2) is 30.0 Å². The highest BCUT2D eigenvalue weighted by atomic mass is 19.1. The number of benzene rings is 1. The van der Waals surface area contributed by atoms with Crippen molar-refractivity contribution >= 4 is 17.3 Å². The van der Waals surface area contributed by atoms with E-state index in [2.05, 4.69) is 9.88 Å². The highest BCUT2D eigenvalue weighted by Crippen LogP contribution is 2.40. The zero-order valence-electron chi connectivity index (χ0n) is 12.1. The second kappa shape index (κ2) is 5.09. The molecule has 4 rings (SSSR count). The summed E-state index contributed by atoms with van der Waals surface area (Å²) >= 11 is 0. The Balaban J connectivity index is 1.72. The molecule has 22 heavy (non-hydrogen) atoms. The third kappa shape index (κ3) is 2.13. The molecule has 1 fully saturated rings. The van der Waals surface area contributed by atoms with Crippen molar-refractivity contribution in [2.45, 2.75) is 18.9 Å². The molecular weight excluding hydrogens is 281 g/mol. The topological polar surface area (TPSA) is 36.4 Å². The van der Waals surface area contributed by atoms with Crippen LogP contribution in [0.2, 0.25) is 0 Å². The van der Waals surface area contributed by atoms with Crippen LogP contribution in [0.4, 0.5) is 15.8 Å². The highest BCUT2D eigenvalue weighted by Gasteiger charge is 2.35. The van der Waals surface area contributed by atoms with Gasteiger partial charge in [-0.05, 0) is 31.0 Å². The second-order valence-electron chi connectivity index (χ2n) is 5.73. The first-order chi connectivity index (χ1) is 10.8. The summed E-state index contributed by atoms with van der Waals surface area (Å²) < 4.78 is 13.9. The standard InChI is InChI=1S/C17H16FN3O/c18-14-11-19-8-7-13(14)17(22)21-10-9-20(12-5-6-12)15-3-1-2-4-16(15)21/h1-4,7-8,11-12H,5-6,9-10H2. The first-order valence-electron chi connectivity index (χ1n) is 7.53. The van der Waals surface area contributed by atoms with Gasteiger partial charge in [0.2, 0.25) is 0 Å². The maximum atomic E-state index is 13.9. The number of rotatable bonds is 2. The lowest BCUT2D eigenvalue weighted by Crippen LogP contribution is -2.45. The fourth-order valence-electron chi connectivity index (χ4n) is 3.05. The van der Waals surface area contributed by atoms with E-state index in [1.165, 1.54) is 25.1 Å². The van der Waals surface area contributed by atoms with Crippen molar-refractivity contribution in [2.75, 3.05) is 22.9 Å². The minimum absolute atomic E-state index is 0.0738. The quantitative estimate of drug-likeness (QED) is 0.855. The Kier molecular flexibility index (Phi) is 3.06. The first kappa shape index (κ1) is 13.2. The molecule has 4 nitrogen and oxygen atoms in total. The van der Waals surface area contributed by atoms with Crippen LogP contribution in [-0.2, 0) is 0 Å². The summed E-state index contributed by atoms with van der Waals surface area (Å²) in [7, 11) is 0. The zero-order valence-corrected chi connectivity index (χ0v) is 12.1. The molecule has 0 atom stereocenters.